The number of thiophene rings is 2. The third kappa shape index (κ3) is 2.54. The molecule has 6 heteroatoms. The summed E-state index contributed by atoms with van der Waals surface area (Å²) in [7, 11) is 0. The zero-order valence-corrected chi connectivity index (χ0v) is 13.0. The highest BCUT2D eigenvalue weighted by atomic mass is 32.1. The zero-order chi connectivity index (χ0) is 14.8. The van der Waals surface area contributed by atoms with Gasteiger partial charge in [0.05, 0.1) is 0 Å². The fraction of sp³-hybridized carbons (Fsp3) is 0. The molecular weight excluding hydrogens is 312 g/mol. The summed E-state index contributed by atoms with van der Waals surface area (Å²) < 4.78 is 0. The first-order valence-electron chi connectivity index (χ1n) is 6.62. The molecule has 0 N–H and O–H groups in total. The van der Waals surface area contributed by atoms with E-state index >= 15 is 0 Å². The molecule has 0 aromatic carbocycles. The van der Waals surface area contributed by atoms with E-state index in [0.29, 0.717) is 11.6 Å². The Kier molecular flexibility index (Phi) is 3.46. The lowest BCUT2D eigenvalue weighted by Crippen LogP contribution is -1.95. The van der Waals surface area contributed by atoms with Crippen molar-refractivity contribution in [3.05, 3.63) is 59.8 Å². The number of rotatable bonds is 3. The SMILES string of the molecule is c1csc(-c2cnc(-c3ncc(-c4cccs4)cn3)nc2)c1. The number of hydrogen-bond acceptors (Lipinski definition) is 6. The van der Waals surface area contributed by atoms with Crippen molar-refractivity contribution in [2.75, 3.05) is 0 Å². The van der Waals surface area contributed by atoms with E-state index in [1.165, 1.54) is 0 Å². The van der Waals surface area contributed by atoms with Gasteiger partial charge in [-0.2, -0.15) is 0 Å². The third-order valence-corrected chi connectivity index (χ3v) is 4.95. The summed E-state index contributed by atoms with van der Waals surface area (Å²) in [6.45, 7) is 0. The van der Waals surface area contributed by atoms with E-state index in [0.717, 1.165) is 20.9 Å². The van der Waals surface area contributed by atoms with Crippen LogP contribution in [0.4, 0.5) is 0 Å². The molecule has 0 spiro atoms. The van der Waals surface area contributed by atoms with Gasteiger partial charge in [0.25, 0.3) is 0 Å². The van der Waals surface area contributed by atoms with Gasteiger partial charge in [-0.15, -0.1) is 22.7 Å². The molecule has 4 nitrogen and oxygen atoms in total. The van der Waals surface area contributed by atoms with Crippen molar-refractivity contribution < 1.29 is 0 Å². The van der Waals surface area contributed by atoms with Gasteiger partial charge in [-0.05, 0) is 22.9 Å². The predicted octanol–water partition coefficient (Wildman–Crippen LogP) is 4.39. The van der Waals surface area contributed by atoms with Crippen LogP contribution in [-0.2, 0) is 0 Å². The van der Waals surface area contributed by atoms with Crippen LogP contribution >= 0.6 is 22.7 Å². The second kappa shape index (κ2) is 5.75. The average molecular weight is 322 g/mol. The molecule has 0 atom stereocenters. The van der Waals surface area contributed by atoms with E-state index in [2.05, 4.69) is 32.1 Å². The van der Waals surface area contributed by atoms with Crippen molar-refractivity contribution in [1.29, 1.82) is 0 Å². The quantitative estimate of drug-likeness (QED) is 0.561. The van der Waals surface area contributed by atoms with Gasteiger partial charge in [-0.25, -0.2) is 19.9 Å². The lowest BCUT2D eigenvalue weighted by Gasteiger charge is -2.01. The standard InChI is InChI=1S/C16H10N4S2/c1-3-13(21-5-1)11-7-17-15(18-8-11)16-19-9-12(10-20-16)14-4-2-6-22-14/h1-10H. The Morgan fingerprint density at radius 3 is 1.32 bits per heavy atom. The van der Waals surface area contributed by atoms with Crippen LogP contribution in [0.1, 0.15) is 0 Å². The Morgan fingerprint density at radius 2 is 1.00 bits per heavy atom. The number of aromatic nitrogens is 4. The summed E-state index contributed by atoms with van der Waals surface area (Å²) in [5.74, 6) is 1.08. The van der Waals surface area contributed by atoms with Crippen molar-refractivity contribution in [2.45, 2.75) is 0 Å². The lowest BCUT2D eigenvalue weighted by atomic mass is 10.3. The average Bonchev–Trinajstić information content (AvgIpc) is 3.29. The maximum absolute atomic E-state index is 4.37. The Hall–Kier alpha value is -2.44. The van der Waals surface area contributed by atoms with Crippen LogP contribution in [0.5, 0.6) is 0 Å². The fourth-order valence-corrected chi connectivity index (χ4v) is 3.43. The molecule has 0 saturated carbocycles. The van der Waals surface area contributed by atoms with Crippen LogP contribution in [0.2, 0.25) is 0 Å². The van der Waals surface area contributed by atoms with Gasteiger partial charge < -0.3 is 0 Å². The molecule has 0 bridgehead atoms. The first-order valence-corrected chi connectivity index (χ1v) is 8.38. The van der Waals surface area contributed by atoms with Gasteiger partial charge in [0.2, 0.25) is 0 Å². The van der Waals surface area contributed by atoms with Crippen LogP contribution in [0.3, 0.4) is 0 Å². The molecule has 0 fully saturated rings. The first kappa shape index (κ1) is 13.2. The van der Waals surface area contributed by atoms with Crippen molar-refractivity contribution >= 4 is 22.7 Å². The molecule has 0 aliphatic carbocycles. The van der Waals surface area contributed by atoms with E-state index in [1.54, 1.807) is 22.7 Å². The minimum absolute atomic E-state index is 0.540. The van der Waals surface area contributed by atoms with Gasteiger partial charge >= 0.3 is 0 Å². The first-order chi connectivity index (χ1) is 10.9. The Bertz CT molecular complexity index is 776. The van der Waals surface area contributed by atoms with E-state index < -0.39 is 0 Å². The minimum atomic E-state index is 0.540. The smallest absolute Gasteiger partial charge is 0.197 e. The highest BCUT2D eigenvalue weighted by Gasteiger charge is 2.07. The number of hydrogen-bond donors (Lipinski definition) is 0. The van der Waals surface area contributed by atoms with Gasteiger partial charge in [-0.1, -0.05) is 12.1 Å². The molecule has 0 amide bonds. The molecule has 0 aliphatic heterocycles. The normalized spacial score (nSPS) is 10.7. The van der Waals surface area contributed by atoms with Crippen LogP contribution in [0.25, 0.3) is 32.5 Å². The second-order valence-corrected chi connectivity index (χ2v) is 6.44. The van der Waals surface area contributed by atoms with Crippen molar-refractivity contribution in [3.63, 3.8) is 0 Å². The Labute approximate surface area is 135 Å². The largest absolute Gasteiger partial charge is 0.233 e. The van der Waals surface area contributed by atoms with Crippen molar-refractivity contribution in [3.8, 4) is 32.5 Å². The summed E-state index contributed by atoms with van der Waals surface area (Å²) in [4.78, 5) is 19.8. The molecule has 4 rings (SSSR count). The van der Waals surface area contributed by atoms with Gasteiger partial charge in [0.15, 0.2) is 11.6 Å². The summed E-state index contributed by atoms with van der Waals surface area (Å²) >= 11 is 3.34. The molecule has 0 unspecified atom stereocenters. The van der Waals surface area contributed by atoms with Gasteiger partial charge in [-0.3, -0.25) is 0 Å². The lowest BCUT2D eigenvalue weighted by molar-refractivity contribution is 1.08. The van der Waals surface area contributed by atoms with Crippen molar-refractivity contribution in [2.24, 2.45) is 0 Å². The Morgan fingerprint density at radius 1 is 0.591 bits per heavy atom. The zero-order valence-electron chi connectivity index (χ0n) is 11.4. The third-order valence-electron chi connectivity index (χ3n) is 3.12. The molecule has 0 radical (unpaired) electrons. The monoisotopic (exact) mass is 322 g/mol. The highest BCUT2D eigenvalue weighted by Crippen LogP contribution is 2.25. The molecule has 0 aliphatic rings. The van der Waals surface area contributed by atoms with Crippen LogP contribution in [0.15, 0.2) is 59.8 Å². The highest BCUT2D eigenvalue weighted by molar-refractivity contribution is 7.13. The van der Waals surface area contributed by atoms with Crippen molar-refractivity contribution in [1.82, 2.24) is 19.9 Å². The Balaban J connectivity index is 1.62. The molecule has 4 heterocycles. The molecule has 22 heavy (non-hydrogen) atoms. The van der Waals surface area contributed by atoms with E-state index in [9.17, 15) is 0 Å². The van der Waals surface area contributed by atoms with E-state index in [1.807, 2.05) is 47.7 Å². The molecule has 106 valence electrons. The minimum Gasteiger partial charge on any atom is -0.233 e. The summed E-state index contributed by atoms with van der Waals surface area (Å²) in [5, 5.41) is 4.07. The molecule has 4 aromatic heterocycles. The fourth-order valence-electron chi connectivity index (χ4n) is 2.03. The van der Waals surface area contributed by atoms with Crippen LogP contribution in [0, 0.1) is 0 Å². The summed E-state index contributed by atoms with van der Waals surface area (Å²) in [6, 6.07) is 8.13. The van der Waals surface area contributed by atoms with Gasteiger partial charge in [0.1, 0.15) is 0 Å². The topological polar surface area (TPSA) is 51.6 Å². The summed E-state index contributed by atoms with van der Waals surface area (Å²) in [5.41, 5.74) is 2.02. The molecular formula is C16H10N4S2. The van der Waals surface area contributed by atoms with Gasteiger partial charge in [0, 0.05) is 45.7 Å². The van der Waals surface area contributed by atoms with E-state index in [4.69, 9.17) is 0 Å². The predicted molar refractivity (Wildman–Crippen MR) is 89.7 cm³/mol. The van der Waals surface area contributed by atoms with E-state index in [-0.39, 0.29) is 0 Å². The summed E-state index contributed by atoms with van der Waals surface area (Å²) in [6.07, 6.45) is 7.24. The molecule has 4 aromatic rings. The number of nitrogens with zero attached hydrogens (tertiary/aromatic N) is 4. The maximum atomic E-state index is 4.37. The van der Waals surface area contributed by atoms with Crippen LogP contribution < -0.4 is 0 Å². The maximum Gasteiger partial charge on any atom is 0.197 e. The second-order valence-electron chi connectivity index (χ2n) is 4.55. The van der Waals surface area contributed by atoms with Crippen LogP contribution in [-0.4, -0.2) is 19.9 Å². The molecule has 0 saturated heterocycles.